The Morgan fingerprint density at radius 3 is 2.79 bits per heavy atom. The van der Waals surface area contributed by atoms with Gasteiger partial charge in [0.1, 0.15) is 0 Å². The van der Waals surface area contributed by atoms with Crippen LogP contribution in [-0.2, 0) is 9.53 Å². The minimum Gasteiger partial charge on any atom is -0.481 e. The van der Waals surface area contributed by atoms with Crippen molar-refractivity contribution in [3.63, 3.8) is 0 Å². The van der Waals surface area contributed by atoms with Crippen molar-refractivity contribution in [1.82, 2.24) is 5.32 Å². The van der Waals surface area contributed by atoms with Crippen molar-refractivity contribution in [3.05, 3.63) is 0 Å². The van der Waals surface area contributed by atoms with Crippen molar-refractivity contribution in [2.24, 2.45) is 0 Å². The summed E-state index contributed by atoms with van der Waals surface area (Å²) in [4.78, 5) is 10.7. The number of aliphatic carboxylic acids is 1. The van der Waals surface area contributed by atoms with Gasteiger partial charge >= 0.3 is 5.97 Å². The smallest absolute Gasteiger partial charge is 0.306 e. The van der Waals surface area contributed by atoms with E-state index in [-0.39, 0.29) is 12.5 Å². The van der Waals surface area contributed by atoms with Gasteiger partial charge in [-0.15, -0.1) is 0 Å². The van der Waals surface area contributed by atoms with E-state index in [1.54, 1.807) is 0 Å². The van der Waals surface area contributed by atoms with Gasteiger partial charge in [0, 0.05) is 6.54 Å². The first-order valence-corrected chi connectivity index (χ1v) is 5.14. The van der Waals surface area contributed by atoms with Gasteiger partial charge < -0.3 is 15.2 Å². The highest BCUT2D eigenvalue weighted by molar-refractivity contribution is 5.68. The Morgan fingerprint density at radius 2 is 2.36 bits per heavy atom. The molecule has 0 aromatic heterocycles. The molecule has 1 saturated heterocycles. The molecule has 4 nitrogen and oxygen atoms in total. The minimum absolute atomic E-state index is 0.0780. The second-order valence-electron chi connectivity index (χ2n) is 4.20. The third-order valence-corrected chi connectivity index (χ3v) is 2.39. The summed E-state index contributed by atoms with van der Waals surface area (Å²) < 4.78 is 5.75. The van der Waals surface area contributed by atoms with E-state index < -0.39 is 11.6 Å². The molecule has 82 valence electrons. The molecule has 0 aromatic carbocycles. The predicted molar refractivity (Wildman–Crippen MR) is 53.3 cm³/mol. The molecule has 0 amide bonds. The maximum atomic E-state index is 10.7. The fourth-order valence-electron chi connectivity index (χ4n) is 2.01. The molecule has 0 saturated carbocycles. The first kappa shape index (κ1) is 11.5. The van der Waals surface area contributed by atoms with E-state index in [4.69, 9.17) is 9.84 Å². The fraction of sp³-hybridized carbons (Fsp3) is 0.900. The number of hydrogen-bond donors (Lipinski definition) is 2. The van der Waals surface area contributed by atoms with Crippen LogP contribution < -0.4 is 5.32 Å². The molecule has 1 heterocycles. The van der Waals surface area contributed by atoms with E-state index in [0.717, 1.165) is 19.4 Å². The number of ether oxygens (including phenoxy) is 1. The van der Waals surface area contributed by atoms with Crippen LogP contribution in [0.4, 0.5) is 0 Å². The van der Waals surface area contributed by atoms with E-state index in [1.165, 1.54) is 0 Å². The molecule has 1 rings (SSSR count). The van der Waals surface area contributed by atoms with Crippen LogP contribution in [0.5, 0.6) is 0 Å². The number of hydrogen-bond acceptors (Lipinski definition) is 3. The average molecular weight is 201 g/mol. The molecule has 1 aliphatic rings. The van der Waals surface area contributed by atoms with Crippen LogP contribution in [0.2, 0.25) is 0 Å². The fourth-order valence-corrected chi connectivity index (χ4v) is 2.01. The lowest BCUT2D eigenvalue weighted by Gasteiger charge is -2.38. The third-order valence-electron chi connectivity index (χ3n) is 2.39. The van der Waals surface area contributed by atoms with Crippen LogP contribution in [0.3, 0.4) is 0 Å². The lowest BCUT2D eigenvalue weighted by atomic mass is 9.90. The summed E-state index contributed by atoms with van der Waals surface area (Å²) in [7, 11) is 0. The molecule has 0 aromatic rings. The van der Waals surface area contributed by atoms with Crippen LogP contribution in [0, 0.1) is 0 Å². The Labute approximate surface area is 84.6 Å². The first-order chi connectivity index (χ1) is 6.54. The summed E-state index contributed by atoms with van der Waals surface area (Å²) in [6.45, 7) is 5.50. The Morgan fingerprint density at radius 1 is 1.64 bits per heavy atom. The van der Waals surface area contributed by atoms with Crippen LogP contribution in [0.1, 0.15) is 33.1 Å². The predicted octanol–water partition coefficient (Wildman–Crippen LogP) is 1.01. The number of nitrogens with one attached hydrogen (secondary N) is 1. The maximum absolute atomic E-state index is 10.7. The number of piperidine rings is 1. The van der Waals surface area contributed by atoms with Gasteiger partial charge in [0.2, 0.25) is 0 Å². The molecule has 0 bridgehead atoms. The van der Waals surface area contributed by atoms with Crippen LogP contribution in [-0.4, -0.2) is 35.9 Å². The number of rotatable bonds is 4. The summed E-state index contributed by atoms with van der Waals surface area (Å²) >= 11 is 0. The Kier molecular flexibility index (Phi) is 3.89. The molecule has 1 atom stereocenters. The Balaban J connectivity index is 2.61. The van der Waals surface area contributed by atoms with Crippen LogP contribution >= 0.6 is 0 Å². The highest BCUT2D eigenvalue weighted by Crippen LogP contribution is 2.26. The Hall–Kier alpha value is -0.610. The monoisotopic (exact) mass is 201 g/mol. The van der Waals surface area contributed by atoms with Crippen molar-refractivity contribution in [1.29, 1.82) is 0 Å². The summed E-state index contributed by atoms with van der Waals surface area (Å²) in [6, 6.07) is 0. The Bertz CT molecular complexity index is 198. The molecular formula is C10H19NO3. The molecule has 2 N–H and O–H groups in total. The second-order valence-corrected chi connectivity index (χ2v) is 4.20. The summed E-state index contributed by atoms with van der Waals surface area (Å²) in [5, 5.41) is 12.0. The number of carbonyl (C=O) groups is 1. The number of carboxylic acids is 1. The lowest BCUT2D eigenvalue weighted by Crippen LogP contribution is -2.50. The van der Waals surface area contributed by atoms with Gasteiger partial charge in [-0.2, -0.15) is 0 Å². The largest absolute Gasteiger partial charge is 0.481 e. The van der Waals surface area contributed by atoms with Crippen molar-refractivity contribution in [2.45, 2.75) is 44.8 Å². The normalized spacial score (nSPS) is 27.9. The van der Waals surface area contributed by atoms with Gasteiger partial charge in [-0.25, -0.2) is 0 Å². The SMILES string of the molecule is CC(C)OC1(CC(=O)O)CCCNC1. The molecule has 4 heteroatoms. The van der Waals surface area contributed by atoms with Gasteiger partial charge in [-0.1, -0.05) is 0 Å². The van der Waals surface area contributed by atoms with Crippen molar-refractivity contribution < 1.29 is 14.6 Å². The van der Waals surface area contributed by atoms with Crippen molar-refractivity contribution in [3.8, 4) is 0 Å². The molecule has 1 fully saturated rings. The van der Waals surface area contributed by atoms with Crippen molar-refractivity contribution >= 4 is 5.97 Å². The minimum atomic E-state index is -0.783. The van der Waals surface area contributed by atoms with Gasteiger partial charge in [0.15, 0.2) is 0 Å². The molecule has 14 heavy (non-hydrogen) atoms. The zero-order valence-electron chi connectivity index (χ0n) is 8.88. The summed E-state index contributed by atoms with van der Waals surface area (Å²) in [6.07, 6.45) is 2.00. The maximum Gasteiger partial charge on any atom is 0.306 e. The van der Waals surface area contributed by atoms with Crippen LogP contribution in [0.25, 0.3) is 0 Å². The molecule has 1 unspecified atom stereocenters. The lowest BCUT2D eigenvalue weighted by molar-refractivity contribution is -0.151. The van der Waals surface area contributed by atoms with Crippen molar-refractivity contribution in [2.75, 3.05) is 13.1 Å². The standard InChI is InChI=1S/C10H19NO3/c1-8(2)14-10(6-9(12)13)4-3-5-11-7-10/h8,11H,3-7H2,1-2H3,(H,12,13). The molecule has 0 radical (unpaired) electrons. The first-order valence-electron chi connectivity index (χ1n) is 5.14. The zero-order valence-corrected chi connectivity index (χ0v) is 8.88. The van der Waals surface area contributed by atoms with E-state index in [2.05, 4.69) is 5.32 Å². The highest BCUT2D eigenvalue weighted by Gasteiger charge is 2.36. The van der Waals surface area contributed by atoms with E-state index in [0.29, 0.717) is 6.54 Å². The molecular weight excluding hydrogens is 182 g/mol. The molecule has 0 aliphatic carbocycles. The van der Waals surface area contributed by atoms with E-state index in [9.17, 15) is 4.79 Å². The zero-order chi connectivity index (χ0) is 10.6. The van der Waals surface area contributed by atoms with Crippen LogP contribution in [0.15, 0.2) is 0 Å². The highest BCUT2D eigenvalue weighted by atomic mass is 16.5. The summed E-state index contributed by atoms with van der Waals surface area (Å²) in [5.41, 5.74) is -0.488. The number of carboxylic acid groups (broad SMARTS) is 1. The topological polar surface area (TPSA) is 58.6 Å². The van der Waals surface area contributed by atoms with E-state index >= 15 is 0 Å². The quantitative estimate of drug-likeness (QED) is 0.712. The van der Waals surface area contributed by atoms with Gasteiger partial charge in [0.05, 0.1) is 18.1 Å². The third kappa shape index (κ3) is 3.27. The summed E-state index contributed by atoms with van der Waals surface area (Å²) in [5.74, 6) is -0.783. The van der Waals surface area contributed by atoms with Gasteiger partial charge in [-0.3, -0.25) is 4.79 Å². The second kappa shape index (κ2) is 4.75. The van der Waals surface area contributed by atoms with E-state index in [1.807, 2.05) is 13.8 Å². The van der Waals surface area contributed by atoms with Gasteiger partial charge in [0.25, 0.3) is 0 Å². The van der Waals surface area contributed by atoms with Gasteiger partial charge in [-0.05, 0) is 33.2 Å². The molecule has 1 aliphatic heterocycles. The average Bonchev–Trinajstić information content (AvgIpc) is 2.01. The molecule has 0 spiro atoms.